The number of aromatic nitrogens is 1. The molecule has 0 bridgehead atoms. The molecule has 0 fully saturated rings. The first-order chi connectivity index (χ1) is 7.25. The highest BCUT2D eigenvalue weighted by atomic mass is 14.9. The van der Waals surface area contributed by atoms with Crippen molar-refractivity contribution in [2.24, 2.45) is 7.05 Å². The van der Waals surface area contributed by atoms with Crippen LogP contribution in [0.25, 0.3) is 23.6 Å². The van der Waals surface area contributed by atoms with Crippen molar-refractivity contribution in [1.82, 2.24) is 4.57 Å². The Labute approximate surface area is 89.7 Å². The molecule has 0 atom stereocenters. The van der Waals surface area contributed by atoms with Gasteiger partial charge in [0.05, 0.1) is 0 Å². The van der Waals surface area contributed by atoms with Gasteiger partial charge < -0.3 is 4.57 Å². The molecule has 1 heterocycles. The summed E-state index contributed by atoms with van der Waals surface area (Å²) in [6.07, 6.45) is 6.17. The second-order valence-corrected chi connectivity index (χ2v) is 3.63. The van der Waals surface area contributed by atoms with Crippen LogP contribution in [0.1, 0.15) is 6.92 Å². The first-order valence-corrected chi connectivity index (χ1v) is 5.11. The van der Waals surface area contributed by atoms with Crippen LogP contribution < -0.4 is 10.6 Å². The Morgan fingerprint density at radius 2 is 2.00 bits per heavy atom. The topological polar surface area (TPSA) is 4.93 Å². The molecule has 0 amide bonds. The van der Waals surface area contributed by atoms with Crippen molar-refractivity contribution in [2.45, 2.75) is 6.92 Å². The molecule has 0 aliphatic rings. The molecule has 0 saturated heterocycles. The van der Waals surface area contributed by atoms with Gasteiger partial charge in [0.1, 0.15) is 0 Å². The van der Waals surface area contributed by atoms with E-state index in [1.807, 2.05) is 19.1 Å². The van der Waals surface area contributed by atoms with E-state index in [2.05, 4.69) is 48.5 Å². The SMILES string of the molecule is C=c1/c(=C\C=C/C)n(C)c2ccccc12. The molecule has 1 heteroatoms. The van der Waals surface area contributed by atoms with Gasteiger partial charge in [0, 0.05) is 28.5 Å². The van der Waals surface area contributed by atoms with Gasteiger partial charge in [0.15, 0.2) is 0 Å². The van der Waals surface area contributed by atoms with Crippen molar-refractivity contribution in [2.75, 3.05) is 0 Å². The number of aryl methyl sites for hydroxylation is 1. The summed E-state index contributed by atoms with van der Waals surface area (Å²) in [5, 5.41) is 3.51. The maximum atomic E-state index is 4.14. The van der Waals surface area contributed by atoms with Gasteiger partial charge in [0.25, 0.3) is 0 Å². The Kier molecular flexibility index (Phi) is 2.46. The van der Waals surface area contributed by atoms with Crippen LogP contribution in [0.4, 0.5) is 0 Å². The predicted molar refractivity (Wildman–Crippen MR) is 67.0 cm³/mol. The Hall–Kier alpha value is -1.76. The minimum Gasteiger partial charge on any atom is -0.344 e. The molecule has 0 spiro atoms. The molecular formula is C14H15N. The molecule has 15 heavy (non-hydrogen) atoms. The molecule has 0 saturated carbocycles. The number of allylic oxidation sites excluding steroid dienone is 2. The highest BCUT2D eigenvalue weighted by Crippen LogP contribution is 2.05. The van der Waals surface area contributed by atoms with E-state index >= 15 is 0 Å². The third kappa shape index (κ3) is 1.50. The van der Waals surface area contributed by atoms with Crippen LogP contribution in [-0.4, -0.2) is 4.57 Å². The third-order valence-corrected chi connectivity index (χ3v) is 2.71. The predicted octanol–water partition coefficient (Wildman–Crippen LogP) is 1.95. The average Bonchev–Trinajstić information content (AvgIpc) is 2.51. The van der Waals surface area contributed by atoms with Crippen LogP contribution in [-0.2, 0) is 7.05 Å². The van der Waals surface area contributed by atoms with Gasteiger partial charge in [-0.15, -0.1) is 0 Å². The number of fused-ring (bicyclic) bond motifs is 1. The van der Waals surface area contributed by atoms with Gasteiger partial charge in [-0.3, -0.25) is 0 Å². The largest absolute Gasteiger partial charge is 0.344 e. The van der Waals surface area contributed by atoms with Crippen molar-refractivity contribution in [3.05, 3.63) is 47.0 Å². The standard InChI is InChI=1S/C14H15N/c1-4-5-9-13-11(2)12-8-6-7-10-14(12)15(13)3/h4-10H,2H2,1,3H3/b5-4-,13-9+. The fourth-order valence-corrected chi connectivity index (χ4v) is 1.89. The highest BCUT2D eigenvalue weighted by molar-refractivity contribution is 5.81. The highest BCUT2D eigenvalue weighted by Gasteiger charge is 2.00. The Morgan fingerprint density at radius 3 is 2.67 bits per heavy atom. The van der Waals surface area contributed by atoms with Crippen molar-refractivity contribution >= 4 is 23.6 Å². The number of para-hydroxylation sites is 1. The lowest BCUT2D eigenvalue weighted by atomic mass is 10.2. The molecule has 1 nitrogen and oxygen atoms in total. The first kappa shape index (κ1) is 9.78. The van der Waals surface area contributed by atoms with E-state index in [4.69, 9.17) is 0 Å². The number of nitrogens with zero attached hydrogens (tertiary/aromatic N) is 1. The third-order valence-electron chi connectivity index (χ3n) is 2.71. The van der Waals surface area contributed by atoms with E-state index < -0.39 is 0 Å². The number of hydrogen-bond acceptors (Lipinski definition) is 0. The molecule has 1 aromatic heterocycles. The number of rotatable bonds is 1. The van der Waals surface area contributed by atoms with Crippen LogP contribution in [0.5, 0.6) is 0 Å². The Morgan fingerprint density at radius 1 is 1.27 bits per heavy atom. The summed E-state index contributed by atoms with van der Waals surface area (Å²) in [5.41, 5.74) is 1.23. The van der Waals surface area contributed by atoms with Crippen molar-refractivity contribution in [1.29, 1.82) is 0 Å². The van der Waals surface area contributed by atoms with Gasteiger partial charge >= 0.3 is 0 Å². The Bertz CT molecular complexity index is 615. The monoisotopic (exact) mass is 197 g/mol. The van der Waals surface area contributed by atoms with Gasteiger partial charge in [-0.2, -0.15) is 0 Å². The van der Waals surface area contributed by atoms with E-state index in [9.17, 15) is 0 Å². The second-order valence-electron chi connectivity index (χ2n) is 3.63. The fraction of sp³-hybridized carbons (Fsp3) is 0.143. The maximum absolute atomic E-state index is 4.14. The van der Waals surface area contributed by atoms with Crippen molar-refractivity contribution < 1.29 is 0 Å². The second kappa shape index (κ2) is 3.77. The summed E-state index contributed by atoms with van der Waals surface area (Å²) in [6, 6.07) is 8.35. The minimum absolute atomic E-state index is 1.10. The molecule has 76 valence electrons. The lowest BCUT2D eigenvalue weighted by molar-refractivity contribution is 0.926. The van der Waals surface area contributed by atoms with Gasteiger partial charge in [0.2, 0.25) is 0 Å². The lowest BCUT2D eigenvalue weighted by Gasteiger charge is -1.94. The zero-order chi connectivity index (χ0) is 10.8. The van der Waals surface area contributed by atoms with Crippen LogP contribution >= 0.6 is 0 Å². The molecule has 0 aliphatic heterocycles. The summed E-state index contributed by atoms with van der Waals surface area (Å²) in [5.74, 6) is 0. The zero-order valence-electron chi connectivity index (χ0n) is 9.20. The quantitative estimate of drug-likeness (QED) is 0.658. The molecule has 0 radical (unpaired) electrons. The fourth-order valence-electron chi connectivity index (χ4n) is 1.89. The summed E-state index contributed by atoms with van der Waals surface area (Å²) in [6.45, 7) is 6.15. The van der Waals surface area contributed by atoms with E-state index in [-0.39, 0.29) is 0 Å². The van der Waals surface area contributed by atoms with Crippen molar-refractivity contribution in [3.8, 4) is 0 Å². The summed E-state index contributed by atoms with van der Waals surface area (Å²) >= 11 is 0. The van der Waals surface area contributed by atoms with Crippen LogP contribution in [0.3, 0.4) is 0 Å². The maximum Gasteiger partial charge on any atom is 0.0488 e. The molecule has 0 unspecified atom stereocenters. The Balaban J connectivity index is 2.94. The molecular weight excluding hydrogens is 182 g/mol. The summed E-state index contributed by atoms with van der Waals surface area (Å²) in [4.78, 5) is 0. The van der Waals surface area contributed by atoms with Crippen LogP contribution in [0, 0.1) is 0 Å². The van der Waals surface area contributed by atoms with E-state index in [1.165, 1.54) is 16.3 Å². The number of hydrogen-bond donors (Lipinski definition) is 0. The zero-order valence-corrected chi connectivity index (χ0v) is 9.20. The molecule has 0 N–H and O–H groups in total. The van der Waals surface area contributed by atoms with Gasteiger partial charge in [-0.25, -0.2) is 0 Å². The number of benzene rings is 1. The van der Waals surface area contributed by atoms with E-state index in [0.29, 0.717) is 0 Å². The van der Waals surface area contributed by atoms with E-state index in [0.717, 1.165) is 5.22 Å². The normalized spacial score (nSPS) is 13.1. The van der Waals surface area contributed by atoms with Crippen molar-refractivity contribution in [3.63, 3.8) is 0 Å². The summed E-state index contributed by atoms with van der Waals surface area (Å²) in [7, 11) is 2.08. The molecule has 0 aliphatic carbocycles. The first-order valence-electron chi connectivity index (χ1n) is 5.11. The lowest BCUT2D eigenvalue weighted by Crippen LogP contribution is -2.25. The smallest absolute Gasteiger partial charge is 0.0488 e. The van der Waals surface area contributed by atoms with E-state index in [1.54, 1.807) is 0 Å². The van der Waals surface area contributed by atoms with Gasteiger partial charge in [-0.05, 0) is 19.1 Å². The van der Waals surface area contributed by atoms with Crippen LogP contribution in [0.2, 0.25) is 0 Å². The summed E-state index contributed by atoms with van der Waals surface area (Å²) < 4.78 is 2.18. The molecule has 1 aromatic carbocycles. The molecule has 2 rings (SSSR count). The van der Waals surface area contributed by atoms with Gasteiger partial charge in [-0.1, -0.05) is 36.9 Å². The minimum atomic E-state index is 1.10. The average molecular weight is 197 g/mol. The molecule has 2 aromatic rings. The van der Waals surface area contributed by atoms with Crippen LogP contribution in [0.15, 0.2) is 36.4 Å².